The van der Waals surface area contributed by atoms with E-state index in [1.807, 2.05) is 6.92 Å². The summed E-state index contributed by atoms with van der Waals surface area (Å²) in [5.41, 5.74) is 2.34. The molecule has 2 rings (SSSR count). The first kappa shape index (κ1) is 15.0. The van der Waals surface area contributed by atoms with Crippen molar-refractivity contribution in [1.29, 1.82) is 0 Å². The molecule has 3 nitrogen and oxygen atoms in total. The summed E-state index contributed by atoms with van der Waals surface area (Å²) in [6, 6.07) is 9.35. The second kappa shape index (κ2) is 5.95. The van der Waals surface area contributed by atoms with Gasteiger partial charge in [0.25, 0.3) is 5.91 Å². The van der Waals surface area contributed by atoms with Crippen molar-refractivity contribution in [3.05, 3.63) is 64.5 Å². The van der Waals surface area contributed by atoms with Crippen LogP contribution in [-0.2, 0) is 0 Å². The number of amides is 1. The molecule has 0 aliphatic rings. The van der Waals surface area contributed by atoms with Gasteiger partial charge in [0.15, 0.2) is 0 Å². The van der Waals surface area contributed by atoms with E-state index < -0.39 is 0 Å². The van der Waals surface area contributed by atoms with Gasteiger partial charge in [-0.1, -0.05) is 23.8 Å². The predicted molar refractivity (Wildman–Crippen MR) is 79.9 cm³/mol. The molecule has 110 valence electrons. The molecular formula is C17H18FNO2. The summed E-state index contributed by atoms with van der Waals surface area (Å²) >= 11 is 0. The fourth-order valence-corrected chi connectivity index (χ4v) is 2.07. The maximum atomic E-state index is 13.6. The first-order chi connectivity index (χ1) is 9.88. The van der Waals surface area contributed by atoms with E-state index in [-0.39, 0.29) is 29.1 Å². The lowest BCUT2D eigenvalue weighted by atomic mass is 10.0. The molecule has 4 heteroatoms. The molecule has 0 spiro atoms. The molecule has 0 aromatic heterocycles. The third kappa shape index (κ3) is 3.40. The van der Waals surface area contributed by atoms with Gasteiger partial charge in [-0.05, 0) is 50.1 Å². The lowest BCUT2D eigenvalue weighted by molar-refractivity contribution is 0.0937. The first-order valence-corrected chi connectivity index (χ1v) is 6.75. The highest BCUT2D eigenvalue weighted by atomic mass is 19.1. The summed E-state index contributed by atoms with van der Waals surface area (Å²) in [5.74, 6) is -0.753. The summed E-state index contributed by atoms with van der Waals surface area (Å²) in [6.07, 6.45) is 0. The quantitative estimate of drug-likeness (QED) is 0.905. The highest BCUT2D eigenvalue weighted by molar-refractivity contribution is 5.97. The van der Waals surface area contributed by atoms with Crippen molar-refractivity contribution in [1.82, 2.24) is 5.32 Å². The van der Waals surface area contributed by atoms with Crippen LogP contribution < -0.4 is 5.32 Å². The first-order valence-electron chi connectivity index (χ1n) is 6.75. The smallest absolute Gasteiger partial charge is 0.255 e. The van der Waals surface area contributed by atoms with Crippen LogP contribution in [0.5, 0.6) is 5.75 Å². The van der Waals surface area contributed by atoms with Crippen molar-refractivity contribution in [3.8, 4) is 5.75 Å². The van der Waals surface area contributed by atoms with Gasteiger partial charge in [0.05, 0.1) is 11.6 Å². The number of rotatable bonds is 3. The van der Waals surface area contributed by atoms with Gasteiger partial charge in [-0.2, -0.15) is 0 Å². The largest absolute Gasteiger partial charge is 0.507 e. The normalized spacial score (nSPS) is 12.0. The van der Waals surface area contributed by atoms with Crippen LogP contribution in [0, 0.1) is 19.7 Å². The van der Waals surface area contributed by atoms with Crippen molar-refractivity contribution in [2.45, 2.75) is 26.8 Å². The second-order valence-electron chi connectivity index (χ2n) is 5.22. The molecule has 0 saturated carbocycles. The van der Waals surface area contributed by atoms with E-state index in [4.69, 9.17) is 0 Å². The van der Waals surface area contributed by atoms with E-state index in [0.717, 1.165) is 5.56 Å². The van der Waals surface area contributed by atoms with Crippen LogP contribution >= 0.6 is 0 Å². The molecule has 0 fully saturated rings. The number of aromatic hydroxyl groups is 1. The van der Waals surface area contributed by atoms with Gasteiger partial charge in [-0.15, -0.1) is 0 Å². The molecule has 21 heavy (non-hydrogen) atoms. The summed E-state index contributed by atoms with van der Waals surface area (Å²) in [6.45, 7) is 5.30. The molecule has 0 saturated heterocycles. The van der Waals surface area contributed by atoms with Crippen molar-refractivity contribution < 1.29 is 14.3 Å². The summed E-state index contributed by atoms with van der Waals surface area (Å²) < 4.78 is 13.6. The lowest BCUT2D eigenvalue weighted by Gasteiger charge is -2.15. The molecule has 0 aliphatic carbocycles. The Hall–Kier alpha value is -2.36. The number of benzene rings is 2. The number of hydrogen-bond acceptors (Lipinski definition) is 2. The molecule has 2 N–H and O–H groups in total. The number of phenols is 1. The summed E-state index contributed by atoms with van der Waals surface area (Å²) in [5, 5.41) is 12.5. The molecule has 1 amide bonds. The van der Waals surface area contributed by atoms with Crippen LogP contribution in [0.25, 0.3) is 0 Å². The Morgan fingerprint density at radius 2 is 1.90 bits per heavy atom. The van der Waals surface area contributed by atoms with Crippen LogP contribution in [0.3, 0.4) is 0 Å². The van der Waals surface area contributed by atoms with E-state index in [2.05, 4.69) is 5.32 Å². The number of hydrogen-bond donors (Lipinski definition) is 2. The van der Waals surface area contributed by atoms with Crippen LogP contribution in [-0.4, -0.2) is 11.0 Å². The van der Waals surface area contributed by atoms with E-state index >= 15 is 0 Å². The fraction of sp³-hybridized carbons (Fsp3) is 0.235. The monoisotopic (exact) mass is 287 g/mol. The summed E-state index contributed by atoms with van der Waals surface area (Å²) in [7, 11) is 0. The Bertz CT molecular complexity index is 682. The maximum Gasteiger partial charge on any atom is 0.255 e. The number of phenolic OH excluding ortho intramolecular Hbond substituents is 1. The van der Waals surface area contributed by atoms with E-state index in [1.54, 1.807) is 38.1 Å². The van der Waals surface area contributed by atoms with Gasteiger partial charge in [-0.25, -0.2) is 4.39 Å². The maximum absolute atomic E-state index is 13.6. The number of carbonyl (C=O) groups is 1. The molecule has 2 aromatic carbocycles. The van der Waals surface area contributed by atoms with Crippen molar-refractivity contribution >= 4 is 5.91 Å². The fourth-order valence-electron chi connectivity index (χ4n) is 2.07. The third-order valence-electron chi connectivity index (χ3n) is 3.44. The number of carbonyl (C=O) groups excluding carboxylic acids is 1. The number of nitrogens with one attached hydrogen (secondary N) is 1. The molecule has 1 unspecified atom stereocenters. The Kier molecular flexibility index (Phi) is 4.26. The molecule has 1 atom stereocenters. The van der Waals surface area contributed by atoms with Crippen molar-refractivity contribution in [3.63, 3.8) is 0 Å². The van der Waals surface area contributed by atoms with Gasteiger partial charge in [0.1, 0.15) is 11.6 Å². The zero-order valence-electron chi connectivity index (χ0n) is 12.3. The van der Waals surface area contributed by atoms with E-state index in [0.29, 0.717) is 11.1 Å². The Morgan fingerprint density at radius 1 is 1.19 bits per heavy atom. The van der Waals surface area contributed by atoms with E-state index in [9.17, 15) is 14.3 Å². The molecule has 0 aliphatic heterocycles. The van der Waals surface area contributed by atoms with Gasteiger partial charge < -0.3 is 10.4 Å². The average molecular weight is 287 g/mol. The van der Waals surface area contributed by atoms with Gasteiger partial charge >= 0.3 is 0 Å². The highest BCUT2D eigenvalue weighted by Crippen LogP contribution is 2.21. The van der Waals surface area contributed by atoms with Gasteiger partial charge in [0, 0.05) is 0 Å². The molecular weight excluding hydrogens is 269 g/mol. The van der Waals surface area contributed by atoms with Crippen LogP contribution in [0.2, 0.25) is 0 Å². The predicted octanol–water partition coefficient (Wildman–Crippen LogP) is 3.64. The Labute approximate surface area is 123 Å². The Morgan fingerprint density at radius 3 is 2.57 bits per heavy atom. The zero-order valence-corrected chi connectivity index (χ0v) is 12.3. The minimum atomic E-state index is -0.385. The number of aryl methyl sites for hydroxylation is 2. The standard InChI is InChI=1S/C17H18FNO2/c1-10-4-7-16(20)14(8-10)17(21)19-12(3)13-6-5-11(2)15(18)9-13/h4-9,12,20H,1-3H3,(H,19,21). The molecule has 0 bridgehead atoms. The van der Waals surface area contributed by atoms with Crippen LogP contribution in [0.4, 0.5) is 4.39 Å². The highest BCUT2D eigenvalue weighted by Gasteiger charge is 2.15. The van der Waals surface area contributed by atoms with Crippen LogP contribution in [0.15, 0.2) is 36.4 Å². The van der Waals surface area contributed by atoms with Crippen LogP contribution in [0.1, 0.15) is 40.0 Å². The Balaban J connectivity index is 2.18. The number of halogens is 1. The minimum absolute atomic E-state index is 0.0691. The minimum Gasteiger partial charge on any atom is -0.507 e. The SMILES string of the molecule is Cc1ccc(O)c(C(=O)NC(C)c2ccc(C)c(F)c2)c1. The molecule has 2 aromatic rings. The van der Waals surface area contributed by atoms with E-state index in [1.165, 1.54) is 12.1 Å². The summed E-state index contributed by atoms with van der Waals surface area (Å²) in [4.78, 5) is 12.2. The lowest BCUT2D eigenvalue weighted by Crippen LogP contribution is -2.26. The molecule has 0 radical (unpaired) electrons. The topological polar surface area (TPSA) is 49.3 Å². The second-order valence-corrected chi connectivity index (χ2v) is 5.22. The third-order valence-corrected chi connectivity index (χ3v) is 3.44. The molecule has 0 heterocycles. The van der Waals surface area contributed by atoms with Crippen molar-refractivity contribution in [2.24, 2.45) is 0 Å². The van der Waals surface area contributed by atoms with Crippen molar-refractivity contribution in [2.75, 3.05) is 0 Å². The van der Waals surface area contributed by atoms with Gasteiger partial charge in [-0.3, -0.25) is 4.79 Å². The van der Waals surface area contributed by atoms with Gasteiger partial charge in [0.2, 0.25) is 0 Å². The average Bonchev–Trinajstić information content (AvgIpc) is 2.44. The zero-order chi connectivity index (χ0) is 15.6.